The third-order valence-corrected chi connectivity index (χ3v) is 5.29. The quantitative estimate of drug-likeness (QED) is 0.841. The summed E-state index contributed by atoms with van der Waals surface area (Å²) in [4.78, 5) is 14.0. The molecule has 1 aromatic heterocycles. The molecule has 20 heavy (non-hydrogen) atoms. The van der Waals surface area contributed by atoms with Gasteiger partial charge in [0.2, 0.25) is 0 Å². The molecular formula is C16H25NO2S. The maximum absolute atomic E-state index is 12.0. The average Bonchev–Trinajstić information content (AvgIpc) is 2.76. The number of rotatable bonds is 5. The molecule has 0 spiro atoms. The Morgan fingerprint density at radius 2 is 2.15 bits per heavy atom. The van der Waals surface area contributed by atoms with Gasteiger partial charge in [-0.15, -0.1) is 11.3 Å². The highest BCUT2D eigenvalue weighted by atomic mass is 32.1. The molecule has 0 bridgehead atoms. The Balaban J connectivity index is 1.69. The Morgan fingerprint density at radius 3 is 2.80 bits per heavy atom. The summed E-state index contributed by atoms with van der Waals surface area (Å²) in [7, 11) is 0. The predicted molar refractivity (Wildman–Crippen MR) is 83.5 cm³/mol. The molecular weight excluding hydrogens is 270 g/mol. The van der Waals surface area contributed by atoms with Crippen LogP contribution < -0.4 is 5.32 Å². The van der Waals surface area contributed by atoms with E-state index in [1.165, 1.54) is 36.1 Å². The van der Waals surface area contributed by atoms with Crippen molar-refractivity contribution in [2.24, 2.45) is 5.92 Å². The predicted octanol–water partition coefficient (Wildman–Crippen LogP) is 3.69. The summed E-state index contributed by atoms with van der Waals surface area (Å²) in [5, 5.41) is 2.94. The maximum atomic E-state index is 12.0. The lowest BCUT2D eigenvalue weighted by Crippen LogP contribution is -2.31. The Labute approximate surface area is 125 Å². The van der Waals surface area contributed by atoms with Gasteiger partial charge in [-0.25, -0.2) is 0 Å². The summed E-state index contributed by atoms with van der Waals surface area (Å²) in [5.41, 5.74) is 1.19. The zero-order chi connectivity index (χ0) is 14.5. The second kappa shape index (κ2) is 7.23. The molecule has 1 fully saturated rings. The molecule has 0 radical (unpaired) electrons. The van der Waals surface area contributed by atoms with E-state index in [1.54, 1.807) is 11.3 Å². The van der Waals surface area contributed by atoms with Crippen molar-refractivity contribution < 1.29 is 9.53 Å². The number of ether oxygens (including phenoxy) is 1. The highest BCUT2D eigenvalue weighted by Gasteiger charge is 2.21. The van der Waals surface area contributed by atoms with Gasteiger partial charge in [-0.2, -0.15) is 0 Å². The lowest BCUT2D eigenvalue weighted by atomic mass is 9.88. The number of hydrogen-bond donors (Lipinski definition) is 1. The van der Waals surface area contributed by atoms with Crippen LogP contribution in [0, 0.1) is 19.8 Å². The lowest BCUT2D eigenvalue weighted by molar-refractivity contribution is -0.00292. The van der Waals surface area contributed by atoms with Crippen molar-refractivity contribution in [1.82, 2.24) is 5.32 Å². The van der Waals surface area contributed by atoms with E-state index < -0.39 is 0 Å². The number of amides is 1. The molecule has 0 aliphatic heterocycles. The Hall–Kier alpha value is -0.870. The van der Waals surface area contributed by atoms with Crippen molar-refractivity contribution in [3.63, 3.8) is 0 Å². The third-order valence-electron chi connectivity index (χ3n) is 4.14. The fourth-order valence-corrected chi connectivity index (χ4v) is 3.63. The first-order valence-electron chi connectivity index (χ1n) is 7.54. The van der Waals surface area contributed by atoms with Gasteiger partial charge in [0, 0.05) is 11.4 Å². The molecule has 1 amide bonds. The molecule has 1 heterocycles. The number of thiophene rings is 1. The molecule has 112 valence electrons. The molecule has 1 aliphatic carbocycles. The zero-order valence-corrected chi connectivity index (χ0v) is 13.5. The van der Waals surface area contributed by atoms with Gasteiger partial charge >= 0.3 is 0 Å². The molecule has 1 aliphatic rings. The third kappa shape index (κ3) is 4.06. The lowest BCUT2D eigenvalue weighted by Gasteiger charge is -2.28. The SMILES string of the molecule is Cc1cc(C(=O)NCCOC2CCCCC2C)sc1C. The van der Waals surface area contributed by atoms with Crippen LogP contribution in [0.15, 0.2) is 6.07 Å². The summed E-state index contributed by atoms with van der Waals surface area (Å²) >= 11 is 1.56. The topological polar surface area (TPSA) is 38.3 Å². The summed E-state index contributed by atoms with van der Waals surface area (Å²) in [5.74, 6) is 0.675. The highest BCUT2D eigenvalue weighted by molar-refractivity contribution is 7.14. The monoisotopic (exact) mass is 295 g/mol. The highest BCUT2D eigenvalue weighted by Crippen LogP contribution is 2.26. The van der Waals surface area contributed by atoms with Crippen molar-refractivity contribution in [2.45, 2.75) is 52.6 Å². The Bertz CT molecular complexity index is 436. The molecule has 2 rings (SSSR count). The van der Waals surface area contributed by atoms with Gasteiger partial charge in [-0.1, -0.05) is 19.8 Å². The number of carbonyl (C=O) groups excluding carboxylic acids is 1. The van der Waals surface area contributed by atoms with E-state index >= 15 is 0 Å². The minimum Gasteiger partial charge on any atom is -0.376 e. The number of aryl methyl sites for hydroxylation is 2. The van der Waals surface area contributed by atoms with Crippen LogP contribution in [0.3, 0.4) is 0 Å². The number of carbonyl (C=O) groups is 1. The van der Waals surface area contributed by atoms with Crippen LogP contribution in [0.4, 0.5) is 0 Å². The van der Waals surface area contributed by atoms with Gasteiger partial charge < -0.3 is 10.1 Å². The van der Waals surface area contributed by atoms with Gasteiger partial charge in [-0.3, -0.25) is 4.79 Å². The first-order valence-corrected chi connectivity index (χ1v) is 8.36. The second-order valence-corrected chi connectivity index (χ2v) is 7.03. The standard InChI is InChI=1S/C16H25NO2S/c1-11-6-4-5-7-14(11)19-9-8-17-16(18)15-10-12(2)13(3)20-15/h10-11,14H,4-9H2,1-3H3,(H,17,18). The average molecular weight is 295 g/mol. The largest absolute Gasteiger partial charge is 0.376 e. The van der Waals surface area contributed by atoms with Gasteiger partial charge in [0.05, 0.1) is 17.6 Å². The molecule has 1 aromatic rings. The van der Waals surface area contributed by atoms with E-state index in [-0.39, 0.29) is 5.91 Å². The summed E-state index contributed by atoms with van der Waals surface area (Å²) < 4.78 is 5.90. The van der Waals surface area contributed by atoms with Gasteiger partial charge in [0.1, 0.15) is 0 Å². The van der Waals surface area contributed by atoms with E-state index in [1.807, 2.05) is 19.9 Å². The van der Waals surface area contributed by atoms with Crippen molar-refractivity contribution in [1.29, 1.82) is 0 Å². The van der Waals surface area contributed by atoms with Crippen LogP contribution >= 0.6 is 11.3 Å². The fourth-order valence-electron chi connectivity index (χ4n) is 2.68. The van der Waals surface area contributed by atoms with E-state index in [9.17, 15) is 4.79 Å². The van der Waals surface area contributed by atoms with Crippen LogP contribution in [0.2, 0.25) is 0 Å². The molecule has 2 atom stereocenters. The summed E-state index contributed by atoms with van der Waals surface area (Å²) in [6.07, 6.45) is 5.42. The van der Waals surface area contributed by atoms with Crippen LogP contribution in [0.25, 0.3) is 0 Å². The van der Waals surface area contributed by atoms with Gasteiger partial charge in [0.15, 0.2) is 0 Å². The smallest absolute Gasteiger partial charge is 0.261 e. The fraction of sp³-hybridized carbons (Fsp3) is 0.688. The van der Waals surface area contributed by atoms with Crippen LogP contribution in [0.5, 0.6) is 0 Å². The number of hydrogen-bond acceptors (Lipinski definition) is 3. The van der Waals surface area contributed by atoms with Crippen molar-refractivity contribution >= 4 is 17.2 Å². The first kappa shape index (κ1) is 15.5. The zero-order valence-electron chi connectivity index (χ0n) is 12.7. The van der Waals surface area contributed by atoms with Gasteiger partial charge in [-0.05, 0) is 44.2 Å². The molecule has 0 saturated heterocycles. The minimum atomic E-state index is 0.0199. The van der Waals surface area contributed by atoms with E-state index in [0.717, 1.165) is 4.88 Å². The molecule has 1 saturated carbocycles. The van der Waals surface area contributed by atoms with E-state index in [2.05, 4.69) is 12.2 Å². The Morgan fingerprint density at radius 1 is 1.40 bits per heavy atom. The maximum Gasteiger partial charge on any atom is 0.261 e. The molecule has 0 aromatic carbocycles. The summed E-state index contributed by atoms with van der Waals surface area (Å²) in [6, 6.07) is 1.96. The van der Waals surface area contributed by atoms with Crippen LogP contribution in [-0.4, -0.2) is 25.2 Å². The van der Waals surface area contributed by atoms with Crippen LogP contribution in [-0.2, 0) is 4.74 Å². The van der Waals surface area contributed by atoms with Crippen LogP contribution in [0.1, 0.15) is 52.7 Å². The molecule has 3 nitrogen and oxygen atoms in total. The van der Waals surface area contributed by atoms with Crippen molar-refractivity contribution in [2.75, 3.05) is 13.2 Å². The van der Waals surface area contributed by atoms with Gasteiger partial charge in [0.25, 0.3) is 5.91 Å². The summed E-state index contributed by atoms with van der Waals surface area (Å²) in [6.45, 7) is 7.56. The van der Waals surface area contributed by atoms with Crippen molar-refractivity contribution in [3.8, 4) is 0 Å². The second-order valence-electron chi connectivity index (χ2n) is 5.78. The molecule has 4 heteroatoms. The molecule has 2 unspecified atom stereocenters. The molecule has 1 N–H and O–H groups in total. The van der Waals surface area contributed by atoms with E-state index in [4.69, 9.17) is 4.74 Å². The van der Waals surface area contributed by atoms with Crippen molar-refractivity contribution in [3.05, 3.63) is 21.4 Å². The first-order chi connectivity index (χ1) is 9.58. The normalized spacial score (nSPS) is 22.8. The number of nitrogens with one attached hydrogen (secondary N) is 1. The Kier molecular flexibility index (Phi) is 5.61. The minimum absolute atomic E-state index is 0.0199. The van der Waals surface area contributed by atoms with E-state index in [0.29, 0.717) is 25.2 Å².